The quantitative estimate of drug-likeness (QED) is 0.721. The van der Waals surface area contributed by atoms with Crippen LogP contribution < -0.4 is 0 Å². The van der Waals surface area contributed by atoms with Gasteiger partial charge in [0.1, 0.15) is 15.9 Å². The maximum Gasteiger partial charge on any atom is 0.285 e. The predicted octanol–water partition coefficient (Wildman–Crippen LogP) is 1.78. The lowest BCUT2D eigenvalue weighted by Crippen LogP contribution is -2.13. The van der Waals surface area contributed by atoms with Gasteiger partial charge < -0.3 is 0 Å². The highest BCUT2D eigenvalue weighted by atomic mass is 35.5. The van der Waals surface area contributed by atoms with E-state index in [1.54, 1.807) is 12.1 Å². The molecule has 0 spiro atoms. The molecule has 2 heterocycles. The zero-order chi connectivity index (χ0) is 12.8. The summed E-state index contributed by atoms with van der Waals surface area (Å²) in [6.07, 6.45) is 2.49. The Balaban J connectivity index is 2.29. The molecule has 0 aliphatic carbocycles. The van der Waals surface area contributed by atoms with E-state index in [9.17, 15) is 8.42 Å². The van der Waals surface area contributed by atoms with Crippen LogP contribution in [0.1, 0.15) is 0 Å². The molecule has 0 N–H and O–H groups in total. The summed E-state index contributed by atoms with van der Waals surface area (Å²) < 4.78 is 33.5. The molecule has 0 radical (unpaired) electrons. The van der Waals surface area contributed by atoms with Gasteiger partial charge >= 0.3 is 0 Å². The van der Waals surface area contributed by atoms with Crippen LogP contribution in [0.4, 0.5) is 0 Å². The molecule has 0 atom stereocenters. The molecule has 9 heteroatoms. The van der Waals surface area contributed by atoms with Crippen LogP contribution in [0.15, 0.2) is 35.5 Å². The third kappa shape index (κ3) is 1.69. The second-order valence-corrected chi connectivity index (χ2v) is 6.15. The van der Waals surface area contributed by atoms with E-state index >= 15 is 0 Å². The van der Waals surface area contributed by atoms with Crippen molar-refractivity contribution in [2.75, 3.05) is 0 Å². The molecule has 0 saturated carbocycles. The normalized spacial score (nSPS) is 12.1. The van der Waals surface area contributed by atoms with E-state index in [4.69, 9.17) is 11.6 Å². The summed E-state index contributed by atoms with van der Waals surface area (Å²) in [5.41, 5.74) is 0.883. The first-order chi connectivity index (χ1) is 8.59. The van der Waals surface area contributed by atoms with Gasteiger partial charge in [0.05, 0.1) is 29.1 Å². The largest absolute Gasteiger partial charge is 0.285 e. The first-order valence-corrected chi connectivity index (χ1v) is 7.31. The molecule has 92 valence electrons. The van der Waals surface area contributed by atoms with Crippen molar-refractivity contribution in [3.8, 4) is 0 Å². The summed E-state index contributed by atoms with van der Waals surface area (Å²) in [6, 6.07) is 4.78. The van der Waals surface area contributed by atoms with Crippen LogP contribution in [0.25, 0.3) is 11.0 Å². The van der Waals surface area contributed by atoms with Crippen molar-refractivity contribution in [3.63, 3.8) is 0 Å². The van der Waals surface area contributed by atoms with E-state index in [0.29, 0.717) is 11.0 Å². The third-order valence-electron chi connectivity index (χ3n) is 2.30. The smallest absolute Gasteiger partial charge is 0.199 e. The average Bonchev–Trinajstić information content (AvgIpc) is 2.96. The van der Waals surface area contributed by atoms with Gasteiger partial charge in [-0.3, -0.25) is 0 Å². The Morgan fingerprint density at radius 1 is 1.28 bits per heavy atom. The molecule has 18 heavy (non-hydrogen) atoms. The van der Waals surface area contributed by atoms with Crippen LogP contribution in [0.2, 0.25) is 5.02 Å². The second kappa shape index (κ2) is 4.01. The molecule has 6 nitrogen and oxygen atoms in total. The van der Waals surface area contributed by atoms with Crippen LogP contribution in [0, 0.1) is 0 Å². The van der Waals surface area contributed by atoms with Gasteiger partial charge in [0.2, 0.25) is 0 Å². The Bertz CT molecular complexity index is 824. The Morgan fingerprint density at radius 2 is 2.11 bits per heavy atom. The highest BCUT2D eigenvalue weighted by molar-refractivity contribution is 7.90. The molecule has 0 fully saturated rings. The van der Waals surface area contributed by atoms with E-state index in [0.717, 1.165) is 15.8 Å². The summed E-state index contributed by atoms with van der Waals surface area (Å²) in [5, 5.41) is 3.96. The van der Waals surface area contributed by atoms with E-state index in [1.165, 1.54) is 18.5 Å². The van der Waals surface area contributed by atoms with Crippen molar-refractivity contribution in [3.05, 3.63) is 35.6 Å². The van der Waals surface area contributed by atoms with Crippen molar-refractivity contribution in [1.29, 1.82) is 0 Å². The number of benzene rings is 1. The van der Waals surface area contributed by atoms with E-state index in [1.807, 2.05) is 0 Å². The highest BCUT2D eigenvalue weighted by Gasteiger charge is 2.22. The number of rotatable bonds is 2. The van der Waals surface area contributed by atoms with Gasteiger partial charge in [0, 0.05) is 0 Å². The maximum absolute atomic E-state index is 12.3. The van der Waals surface area contributed by atoms with E-state index in [2.05, 4.69) is 13.8 Å². The molecule has 3 rings (SSSR count). The number of fused-ring (bicyclic) bond motifs is 1. The molecular formula is C9H5ClN4O2S2. The fourth-order valence-electron chi connectivity index (χ4n) is 1.51. The van der Waals surface area contributed by atoms with Crippen molar-refractivity contribution in [2.45, 2.75) is 4.90 Å². The van der Waals surface area contributed by atoms with Gasteiger partial charge in [-0.1, -0.05) is 17.7 Å². The standard InChI is InChI=1S/C9H5ClN4O2S2/c10-6-4-11-14(5-6)18(15,16)8-3-1-2-7-9(8)13-17-12-7/h1-5H. The molecule has 0 amide bonds. The van der Waals surface area contributed by atoms with Crippen molar-refractivity contribution >= 4 is 44.4 Å². The zero-order valence-corrected chi connectivity index (χ0v) is 11.1. The van der Waals surface area contributed by atoms with Crippen molar-refractivity contribution in [2.24, 2.45) is 0 Å². The summed E-state index contributed by atoms with van der Waals surface area (Å²) in [7, 11) is -3.79. The van der Waals surface area contributed by atoms with Crippen LogP contribution in [0.3, 0.4) is 0 Å². The summed E-state index contributed by atoms with van der Waals surface area (Å²) in [6.45, 7) is 0. The van der Waals surface area contributed by atoms with Crippen LogP contribution in [0.5, 0.6) is 0 Å². The maximum atomic E-state index is 12.3. The lowest BCUT2D eigenvalue weighted by Gasteiger charge is -2.03. The van der Waals surface area contributed by atoms with Crippen molar-refractivity contribution < 1.29 is 8.42 Å². The first-order valence-electron chi connectivity index (χ1n) is 4.76. The summed E-state index contributed by atoms with van der Waals surface area (Å²) in [5.74, 6) is 0. The van der Waals surface area contributed by atoms with Gasteiger partial charge in [0.25, 0.3) is 10.0 Å². The molecule has 3 aromatic rings. The molecule has 0 unspecified atom stereocenters. The van der Waals surface area contributed by atoms with Gasteiger partial charge in [-0.05, 0) is 12.1 Å². The second-order valence-electron chi connectivity index (χ2n) is 3.42. The third-order valence-corrected chi connectivity index (χ3v) is 4.62. The Morgan fingerprint density at radius 3 is 2.83 bits per heavy atom. The summed E-state index contributed by atoms with van der Waals surface area (Å²) in [4.78, 5) is 0.0634. The van der Waals surface area contributed by atoms with Crippen molar-refractivity contribution in [1.82, 2.24) is 17.9 Å². The topological polar surface area (TPSA) is 77.7 Å². The Hall–Kier alpha value is -1.51. The molecule has 0 bridgehead atoms. The number of hydrogen-bond acceptors (Lipinski definition) is 6. The minimum Gasteiger partial charge on any atom is -0.199 e. The monoisotopic (exact) mass is 300 g/mol. The van der Waals surface area contributed by atoms with Crippen LogP contribution in [-0.2, 0) is 10.0 Å². The molecule has 1 aromatic carbocycles. The zero-order valence-electron chi connectivity index (χ0n) is 8.69. The van der Waals surface area contributed by atoms with E-state index in [-0.39, 0.29) is 9.92 Å². The lowest BCUT2D eigenvalue weighted by atomic mass is 10.3. The minimum atomic E-state index is -3.79. The van der Waals surface area contributed by atoms with Crippen LogP contribution in [-0.4, -0.2) is 26.4 Å². The number of halogens is 1. The fourth-order valence-corrected chi connectivity index (χ4v) is 3.58. The van der Waals surface area contributed by atoms with E-state index < -0.39 is 10.0 Å². The van der Waals surface area contributed by atoms with Crippen LogP contribution >= 0.6 is 23.3 Å². The minimum absolute atomic E-state index is 0.0634. The molecular weight excluding hydrogens is 296 g/mol. The number of nitrogens with zero attached hydrogens (tertiary/aromatic N) is 4. The molecule has 0 aliphatic rings. The Kier molecular flexibility index (Phi) is 2.58. The number of hydrogen-bond donors (Lipinski definition) is 0. The lowest BCUT2D eigenvalue weighted by molar-refractivity contribution is 0.581. The fraction of sp³-hybridized carbons (Fsp3) is 0. The molecule has 0 saturated heterocycles. The predicted molar refractivity (Wildman–Crippen MR) is 67.2 cm³/mol. The SMILES string of the molecule is O=S(=O)(c1cccc2nsnc12)n1cc(Cl)cn1. The molecule has 2 aromatic heterocycles. The number of aromatic nitrogens is 4. The Labute approximate surface area is 111 Å². The van der Waals surface area contributed by atoms with Gasteiger partial charge in [-0.25, -0.2) is 0 Å². The van der Waals surface area contributed by atoms with Gasteiger partial charge in [-0.2, -0.15) is 26.4 Å². The van der Waals surface area contributed by atoms with Gasteiger partial charge in [0.15, 0.2) is 0 Å². The average molecular weight is 301 g/mol. The highest BCUT2D eigenvalue weighted by Crippen LogP contribution is 2.23. The first kappa shape index (κ1) is 11.6. The molecule has 0 aliphatic heterocycles. The summed E-state index contributed by atoms with van der Waals surface area (Å²) >= 11 is 6.64. The van der Waals surface area contributed by atoms with Gasteiger partial charge in [-0.15, -0.1) is 0 Å².